The van der Waals surface area contributed by atoms with Crippen molar-refractivity contribution < 1.29 is 0 Å². The van der Waals surface area contributed by atoms with Gasteiger partial charge in [-0.1, -0.05) is 6.07 Å². The van der Waals surface area contributed by atoms with Gasteiger partial charge in [0.2, 0.25) is 0 Å². The van der Waals surface area contributed by atoms with Crippen molar-refractivity contribution >= 4 is 38.5 Å². The maximum absolute atomic E-state index is 4.60. The van der Waals surface area contributed by atoms with Crippen LogP contribution in [0.5, 0.6) is 0 Å². The largest absolute Gasteiger partial charge is 0.376 e. The fourth-order valence-corrected chi connectivity index (χ4v) is 3.08. The first-order chi connectivity index (χ1) is 8.66. The molecule has 0 aromatic carbocycles. The summed E-state index contributed by atoms with van der Waals surface area (Å²) in [4.78, 5) is 7.87. The average Bonchev–Trinajstić information content (AvgIpc) is 2.97. The summed E-state index contributed by atoms with van der Waals surface area (Å²) in [7, 11) is 4.08. The molecule has 0 saturated heterocycles. The van der Waals surface area contributed by atoms with E-state index >= 15 is 0 Å². The van der Waals surface area contributed by atoms with E-state index in [1.165, 1.54) is 4.88 Å². The number of halogens is 1. The van der Waals surface area contributed by atoms with Crippen molar-refractivity contribution in [2.45, 2.75) is 0 Å². The normalized spacial score (nSPS) is 11.1. The van der Waals surface area contributed by atoms with E-state index in [2.05, 4.69) is 60.0 Å². The smallest absolute Gasteiger partial charge is 0.156 e. The Morgan fingerprint density at radius 3 is 2.78 bits per heavy atom. The lowest BCUT2D eigenvalue weighted by molar-refractivity contribution is 1.09. The number of thiophene rings is 1. The summed E-state index contributed by atoms with van der Waals surface area (Å²) in [5, 5.41) is 2.07. The zero-order chi connectivity index (χ0) is 12.7. The molecule has 0 N–H and O–H groups in total. The first-order valence-electron chi connectivity index (χ1n) is 5.55. The average molecular weight is 322 g/mol. The molecule has 0 fully saturated rings. The number of imidazole rings is 1. The van der Waals surface area contributed by atoms with Gasteiger partial charge in [0.25, 0.3) is 0 Å². The van der Waals surface area contributed by atoms with Crippen LogP contribution in [0.1, 0.15) is 0 Å². The van der Waals surface area contributed by atoms with Gasteiger partial charge in [-0.2, -0.15) is 0 Å². The zero-order valence-corrected chi connectivity index (χ0v) is 12.5. The third kappa shape index (κ3) is 1.83. The number of rotatable bonds is 2. The molecule has 0 saturated carbocycles. The molecule has 18 heavy (non-hydrogen) atoms. The highest BCUT2D eigenvalue weighted by Crippen LogP contribution is 2.30. The van der Waals surface area contributed by atoms with Gasteiger partial charge in [-0.25, -0.2) is 4.98 Å². The van der Waals surface area contributed by atoms with Crippen molar-refractivity contribution in [3.8, 4) is 10.7 Å². The van der Waals surface area contributed by atoms with Crippen LogP contribution in [0, 0.1) is 0 Å². The predicted octanol–water partition coefficient (Wildman–Crippen LogP) is 3.89. The number of aromatic nitrogens is 2. The minimum atomic E-state index is 0.885. The maximum atomic E-state index is 4.60. The number of hydrogen-bond donors (Lipinski definition) is 0. The number of nitrogens with zero attached hydrogens (tertiary/aromatic N) is 3. The number of pyridine rings is 1. The molecule has 3 nitrogen and oxygen atoms in total. The van der Waals surface area contributed by atoms with Crippen LogP contribution in [0.3, 0.4) is 0 Å². The molecule has 3 aromatic rings. The Morgan fingerprint density at radius 1 is 1.28 bits per heavy atom. The van der Waals surface area contributed by atoms with Crippen LogP contribution in [0.15, 0.2) is 40.4 Å². The van der Waals surface area contributed by atoms with Crippen molar-refractivity contribution in [1.29, 1.82) is 0 Å². The van der Waals surface area contributed by atoms with Gasteiger partial charge in [0.1, 0.15) is 4.60 Å². The van der Waals surface area contributed by atoms with Gasteiger partial charge in [0.05, 0.1) is 16.1 Å². The summed E-state index contributed by atoms with van der Waals surface area (Å²) in [5.41, 5.74) is 2.24. The topological polar surface area (TPSA) is 20.5 Å². The third-order valence-corrected chi connectivity index (χ3v) is 4.28. The molecule has 0 aliphatic carbocycles. The Bertz CT molecular complexity index is 686. The van der Waals surface area contributed by atoms with E-state index in [-0.39, 0.29) is 0 Å². The first kappa shape index (κ1) is 11.7. The fourth-order valence-electron chi connectivity index (χ4n) is 1.88. The molecule has 92 valence electrons. The molecule has 0 aliphatic heterocycles. The number of anilines is 1. The summed E-state index contributed by atoms with van der Waals surface area (Å²) < 4.78 is 3.02. The molecule has 0 radical (unpaired) electrons. The van der Waals surface area contributed by atoms with Gasteiger partial charge in [0.15, 0.2) is 5.82 Å². The van der Waals surface area contributed by atoms with E-state index in [0.717, 1.165) is 21.6 Å². The van der Waals surface area contributed by atoms with Crippen molar-refractivity contribution in [2.75, 3.05) is 19.0 Å². The molecule has 0 spiro atoms. The lowest BCUT2D eigenvalue weighted by Gasteiger charge is -2.12. The molecule has 5 heteroatoms. The van der Waals surface area contributed by atoms with Crippen LogP contribution in [0.4, 0.5) is 5.69 Å². The Kier molecular flexibility index (Phi) is 2.87. The quantitative estimate of drug-likeness (QED) is 0.713. The monoisotopic (exact) mass is 321 g/mol. The Balaban J connectivity index is 2.29. The van der Waals surface area contributed by atoms with Crippen LogP contribution in [-0.4, -0.2) is 23.5 Å². The molecule has 0 unspecified atom stereocenters. The SMILES string of the molecule is CN(C)c1ccc2c(Br)nc(-c3cccs3)n2c1. The van der Waals surface area contributed by atoms with Crippen LogP contribution < -0.4 is 4.90 Å². The summed E-state index contributed by atoms with van der Waals surface area (Å²) in [6, 6.07) is 8.32. The van der Waals surface area contributed by atoms with Crippen LogP contribution >= 0.6 is 27.3 Å². The molecule has 0 atom stereocenters. The van der Waals surface area contributed by atoms with E-state index in [4.69, 9.17) is 0 Å². The fraction of sp³-hybridized carbons (Fsp3) is 0.154. The Morgan fingerprint density at radius 2 is 2.11 bits per heavy atom. The number of hydrogen-bond acceptors (Lipinski definition) is 3. The van der Waals surface area contributed by atoms with Gasteiger partial charge in [-0.15, -0.1) is 11.3 Å². The maximum Gasteiger partial charge on any atom is 0.156 e. The molecule has 3 aromatic heterocycles. The first-order valence-corrected chi connectivity index (χ1v) is 7.23. The molecule has 3 heterocycles. The second-order valence-electron chi connectivity index (χ2n) is 4.24. The third-order valence-electron chi connectivity index (χ3n) is 2.83. The van der Waals surface area contributed by atoms with Gasteiger partial charge < -0.3 is 4.90 Å². The van der Waals surface area contributed by atoms with Crippen molar-refractivity contribution in [3.05, 3.63) is 40.4 Å². The van der Waals surface area contributed by atoms with E-state index in [1.807, 2.05) is 20.2 Å². The van der Waals surface area contributed by atoms with Crippen molar-refractivity contribution in [1.82, 2.24) is 9.38 Å². The molecule has 0 bridgehead atoms. The van der Waals surface area contributed by atoms with E-state index in [9.17, 15) is 0 Å². The zero-order valence-electron chi connectivity index (χ0n) is 10.1. The second-order valence-corrected chi connectivity index (χ2v) is 5.94. The Labute approximate surface area is 118 Å². The van der Waals surface area contributed by atoms with E-state index < -0.39 is 0 Å². The van der Waals surface area contributed by atoms with Gasteiger partial charge in [-0.05, 0) is 39.5 Å². The lowest BCUT2D eigenvalue weighted by Crippen LogP contribution is -2.09. The van der Waals surface area contributed by atoms with Gasteiger partial charge in [0, 0.05) is 20.3 Å². The lowest BCUT2D eigenvalue weighted by atomic mass is 10.3. The minimum Gasteiger partial charge on any atom is -0.376 e. The van der Waals surface area contributed by atoms with Crippen molar-refractivity contribution in [2.24, 2.45) is 0 Å². The summed E-state index contributed by atoms with van der Waals surface area (Å²) in [6.45, 7) is 0. The van der Waals surface area contributed by atoms with Crippen LogP contribution in [0.25, 0.3) is 16.2 Å². The molecule has 0 amide bonds. The highest BCUT2D eigenvalue weighted by molar-refractivity contribution is 9.10. The highest BCUT2D eigenvalue weighted by atomic mass is 79.9. The predicted molar refractivity (Wildman–Crippen MR) is 80.5 cm³/mol. The van der Waals surface area contributed by atoms with E-state index in [1.54, 1.807) is 11.3 Å². The standard InChI is InChI=1S/C13H12BrN3S/c1-16(2)9-5-6-10-12(14)15-13(17(10)8-9)11-4-3-7-18-11/h3-8H,1-2H3. The minimum absolute atomic E-state index is 0.885. The summed E-state index contributed by atoms with van der Waals surface area (Å²) >= 11 is 5.22. The summed E-state index contributed by atoms with van der Waals surface area (Å²) in [6.07, 6.45) is 2.11. The highest BCUT2D eigenvalue weighted by Gasteiger charge is 2.12. The van der Waals surface area contributed by atoms with Gasteiger partial charge >= 0.3 is 0 Å². The molecule has 0 aliphatic rings. The van der Waals surface area contributed by atoms with Crippen LogP contribution in [-0.2, 0) is 0 Å². The molecule has 3 rings (SSSR count). The summed E-state index contributed by atoms with van der Waals surface area (Å²) in [5.74, 6) is 0.982. The van der Waals surface area contributed by atoms with Gasteiger partial charge in [-0.3, -0.25) is 4.40 Å². The van der Waals surface area contributed by atoms with Crippen molar-refractivity contribution in [3.63, 3.8) is 0 Å². The molecular weight excluding hydrogens is 310 g/mol. The van der Waals surface area contributed by atoms with Crippen LogP contribution in [0.2, 0.25) is 0 Å². The molecular formula is C13H12BrN3S. The Hall–Kier alpha value is -1.33. The number of fused-ring (bicyclic) bond motifs is 1. The second kappa shape index (κ2) is 4.40. The van der Waals surface area contributed by atoms with E-state index in [0.29, 0.717) is 0 Å².